The summed E-state index contributed by atoms with van der Waals surface area (Å²) in [6.07, 6.45) is 2.52. The molecule has 0 aromatic rings. The van der Waals surface area contributed by atoms with Gasteiger partial charge in [-0.05, 0) is 28.1 Å². The van der Waals surface area contributed by atoms with Gasteiger partial charge in [-0.15, -0.1) is 6.58 Å². The number of nitrogens with one attached hydrogen (secondary N) is 4. The molecule has 1 saturated heterocycles. The van der Waals surface area contributed by atoms with E-state index < -0.39 is 75.1 Å². The summed E-state index contributed by atoms with van der Waals surface area (Å²) < 4.78 is 25.2. The monoisotopic (exact) mass is 626 g/mol. The Kier molecular flexibility index (Phi) is 10.9. The van der Waals surface area contributed by atoms with Gasteiger partial charge in [-0.1, -0.05) is 61.5 Å². The lowest BCUT2D eigenvalue weighted by Crippen LogP contribution is -2.62. The predicted octanol–water partition coefficient (Wildman–Crippen LogP) is 0.477. The number of fused-ring (bicyclic) bond motifs is 1. The minimum absolute atomic E-state index is 0.0288. The fourth-order valence-electron chi connectivity index (χ4n) is 5.50. The molecule has 244 valence electrons. The van der Waals surface area contributed by atoms with Crippen molar-refractivity contribution in [3.63, 3.8) is 0 Å². The van der Waals surface area contributed by atoms with Crippen molar-refractivity contribution in [3.05, 3.63) is 12.7 Å². The maximum Gasteiger partial charge on any atom is 0.315 e. The number of likely N-dealkylation sites (N-methyl/N-ethyl adjacent to an activating group) is 1. The Balaban J connectivity index is 2.24. The van der Waals surface area contributed by atoms with Gasteiger partial charge in [0.1, 0.15) is 12.1 Å². The van der Waals surface area contributed by atoms with Gasteiger partial charge in [-0.3, -0.25) is 19.2 Å². The van der Waals surface area contributed by atoms with Gasteiger partial charge < -0.3 is 26.2 Å². The standard InChI is InChI=1S/C29H50N6O7S/c1-12-13-30-23(37)18(36)14-31-24(38)21-20-17(29(20,8)9)15-35(21)25(39)22(28(5,6)7)33-26(40)32-19(27(2,3)4)16-34(10)43(11,41)42/h12,17,19-22H,1,13-16H2,2-11H3,(H,30,37)(H,31,38)(H2,32,33,40)/t17-,19+,20-,21-,22+/m0/s1. The molecule has 2 rings (SSSR count). The number of ketones is 1. The average Bonchev–Trinajstić information content (AvgIpc) is 3.19. The van der Waals surface area contributed by atoms with E-state index >= 15 is 0 Å². The van der Waals surface area contributed by atoms with Crippen LogP contribution in [0.2, 0.25) is 0 Å². The first-order chi connectivity index (χ1) is 19.4. The normalized spacial score (nSPS) is 22.6. The molecular weight excluding hydrogens is 576 g/mol. The Labute approximate surface area is 256 Å². The molecule has 2 aliphatic rings. The summed E-state index contributed by atoms with van der Waals surface area (Å²) in [6.45, 7) is 18.4. The van der Waals surface area contributed by atoms with Crippen LogP contribution in [-0.4, -0.2) is 105 Å². The van der Waals surface area contributed by atoms with Crippen molar-refractivity contribution in [2.75, 3.05) is 39.5 Å². The van der Waals surface area contributed by atoms with E-state index in [1.165, 1.54) is 18.0 Å². The average molecular weight is 627 g/mol. The summed E-state index contributed by atoms with van der Waals surface area (Å²) >= 11 is 0. The van der Waals surface area contributed by atoms with Crippen LogP contribution in [-0.2, 0) is 29.2 Å². The van der Waals surface area contributed by atoms with Crippen LogP contribution in [0, 0.1) is 28.1 Å². The van der Waals surface area contributed by atoms with Crippen molar-refractivity contribution < 1.29 is 32.4 Å². The lowest BCUT2D eigenvalue weighted by atomic mass is 9.85. The Morgan fingerprint density at radius 3 is 2.09 bits per heavy atom. The highest BCUT2D eigenvalue weighted by Crippen LogP contribution is 2.65. The molecule has 1 aliphatic carbocycles. The number of Topliss-reactive ketones (excluding diaryl/α,β-unsaturated/α-hetero) is 1. The highest BCUT2D eigenvalue weighted by atomic mass is 32.2. The number of urea groups is 1. The molecule has 1 saturated carbocycles. The van der Waals surface area contributed by atoms with E-state index in [2.05, 4.69) is 27.8 Å². The molecule has 0 radical (unpaired) electrons. The molecule has 2 fully saturated rings. The van der Waals surface area contributed by atoms with Crippen molar-refractivity contribution in [3.8, 4) is 0 Å². The zero-order chi connectivity index (χ0) is 33.3. The smallest absolute Gasteiger partial charge is 0.315 e. The van der Waals surface area contributed by atoms with E-state index in [4.69, 9.17) is 0 Å². The van der Waals surface area contributed by atoms with Gasteiger partial charge in [0.05, 0.1) is 12.8 Å². The maximum atomic E-state index is 14.1. The number of carbonyl (C=O) groups excluding carboxylic acids is 5. The summed E-state index contributed by atoms with van der Waals surface area (Å²) in [5.41, 5.74) is -1.46. The molecule has 0 aromatic heterocycles. The van der Waals surface area contributed by atoms with Gasteiger partial charge in [0.25, 0.3) is 5.91 Å². The third-order valence-electron chi connectivity index (χ3n) is 8.59. The lowest BCUT2D eigenvalue weighted by Gasteiger charge is -2.38. The number of amides is 5. The molecule has 5 amide bonds. The van der Waals surface area contributed by atoms with Crippen molar-refractivity contribution in [1.82, 2.24) is 30.5 Å². The number of piperidine rings is 1. The van der Waals surface area contributed by atoms with Gasteiger partial charge in [-0.25, -0.2) is 17.5 Å². The summed E-state index contributed by atoms with van der Waals surface area (Å²) in [6, 6.07) is -3.13. The highest BCUT2D eigenvalue weighted by molar-refractivity contribution is 7.88. The van der Waals surface area contributed by atoms with Crippen LogP contribution in [0.1, 0.15) is 55.4 Å². The number of likely N-dealkylation sites (tertiary alicyclic amines) is 1. The van der Waals surface area contributed by atoms with Crippen molar-refractivity contribution in [2.24, 2.45) is 28.1 Å². The maximum absolute atomic E-state index is 14.1. The molecule has 0 spiro atoms. The van der Waals surface area contributed by atoms with E-state index in [-0.39, 0.29) is 30.3 Å². The third kappa shape index (κ3) is 8.78. The van der Waals surface area contributed by atoms with Gasteiger partial charge in [0.15, 0.2) is 0 Å². The molecule has 14 heteroatoms. The third-order valence-corrected chi connectivity index (χ3v) is 9.87. The first-order valence-electron chi connectivity index (χ1n) is 14.4. The molecular formula is C29H50N6O7S. The van der Waals surface area contributed by atoms with Crippen LogP contribution in [0.5, 0.6) is 0 Å². The van der Waals surface area contributed by atoms with Gasteiger partial charge in [-0.2, -0.15) is 0 Å². The fourth-order valence-corrected chi connectivity index (χ4v) is 5.92. The van der Waals surface area contributed by atoms with Gasteiger partial charge >= 0.3 is 6.03 Å². The van der Waals surface area contributed by atoms with Crippen LogP contribution in [0.25, 0.3) is 0 Å². The molecule has 1 heterocycles. The minimum Gasteiger partial charge on any atom is -0.347 e. The summed E-state index contributed by atoms with van der Waals surface area (Å²) in [4.78, 5) is 66.4. The zero-order valence-electron chi connectivity index (χ0n) is 27.2. The van der Waals surface area contributed by atoms with Gasteiger partial charge in [0, 0.05) is 32.7 Å². The molecule has 13 nitrogen and oxygen atoms in total. The summed E-state index contributed by atoms with van der Waals surface area (Å²) in [7, 11) is -2.06. The quantitative estimate of drug-likeness (QED) is 0.180. The van der Waals surface area contributed by atoms with Crippen molar-refractivity contribution >= 4 is 39.6 Å². The molecule has 5 atom stereocenters. The summed E-state index contributed by atoms with van der Waals surface area (Å²) in [5.74, 6) is -2.73. The summed E-state index contributed by atoms with van der Waals surface area (Å²) in [5, 5.41) is 10.5. The number of carbonyl (C=O) groups is 5. The second-order valence-corrected chi connectivity index (χ2v) is 16.5. The van der Waals surface area contributed by atoms with Crippen molar-refractivity contribution in [2.45, 2.75) is 73.5 Å². The molecule has 1 aliphatic heterocycles. The first kappa shape index (κ1) is 36.2. The number of rotatable bonds is 12. The number of hydrogen-bond donors (Lipinski definition) is 4. The Morgan fingerprint density at radius 2 is 1.60 bits per heavy atom. The second-order valence-electron chi connectivity index (χ2n) is 14.4. The molecule has 4 N–H and O–H groups in total. The molecule has 0 aromatic carbocycles. The SMILES string of the molecule is C=CCNC(=O)C(=O)CNC(=O)[C@@H]1[C@@H]2[C@H](CN1C(=O)[C@@H](NC(=O)N[C@H](CN(C)S(C)(=O)=O)C(C)(C)C)C(C)(C)C)C2(C)C. The van der Waals surface area contributed by atoms with Crippen LogP contribution in [0.3, 0.4) is 0 Å². The largest absolute Gasteiger partial charge is 0.347 e. The molecule has 43 heavy (non-hydrogen) atoms. The minimum atomic E-state index is -3.49. The fraction of sp³-hybridized carbons (Fsp3) is 0.759. The van der Waals surface area contributed by atoms with E-state index in [0.29, 0.717) is 6.54 Å². The Morgan fingerprint density at radius 1 is 1.02 bits per heavy atom. The predicted molar refractivity (Wildman–Crippen MR) is 163 cm³/mol. The topological polar surface area (TPSA) is 174 Å². The lowest BCUT2D eigenvalue weighted by molar-refractivity contribution is -0.144. The van der Waals surface area contributed by atoms with E-state index in [9.17, 15) is 32.4 Å². The van der Waals surface area contributed by atoms with E-state index in [1.54, 1.807) is 20.8 Å². The zero-order valence-corrected chi connectivity index (χ0v) is 28.0. The van der Waals surface area contributed by atoms with Crippen LogP contribution < -0.4 is 21.3 Å². The van der Waals surface area contributed by atoms with E-state index in [1.807, 2.05) is 34.6 Å². The number of hydrogen-bond acceptors (Lipinski definition) is 7. The Hall–Kier alpha value is -3.00. The van der Waals surface area contributed by atoms with Gasteiger partial charge in [0.2, 0.25) is 27.6 Å². The highest BCUT2D eigenvalue weighted by Gasteiger charge is 2.69. The van der Waals surface area contributed by atoms with E-state index in [0.717, 1.165) is 10.6 Å². The Bertz CT molecular complexity index is 1230. The van der Waals surface area contributed by atoms with Crippen molar-refractivity contribution in [1.29, 1.82) is 0 Å². The number of nitrogens with zero attached hydrogens (tertiary/aromatic N) is 2. The first-order valence-corrected chi connectivity index (χ1v) is 16.3. The van der Waals surface area contributed by atoms with Crippen LogP contribution in [0.4, 0.5) is 4.79 Å². The van der Waals surface area contributed by atoms with Crippen LogP contribution in [0.15, 0.2) is 12.7 Å². The number of sulfonamides is 1. The van der Waals surface area contributed by atoms with Crippen LogP contribution >= 0.6 is 0 Å². The molecule has 0 bridgehead atoms. The second kappa shape index (κ2) is 12.9. The molecule has 0 unspecified atom stereocenters.